The van der Waals surface area contributed by atoms with Crippen molar-refractivity contribution in [2.24, 2.45) is 5.92 Å². The predicted octanol–water partition coefficient (Wildman–Crippen LogP) is 5.81. The molecule has 2 aliphatic carbocycles. The van der Waals surface area contributed by atoms with Crippen LogP contribution in [0.15, 0.2) is 47.4 Å². The van der Waals surface area contributed by atoms with E-state index in [0.717, 1.165) is 48.8 Å². The lowest BCUT2D eigenvalue weighted by Gasteiger charge is -2.39. The van der Waals surface area contributed by atoms with Crippen LogP contribution in [0.25, 0.3) is 11.1 Å². The lowest BCUT2D eigenvalue weighted by molar-refractivity contribution is -0.113. The van der Waals surface area contributed by atoms with E-state index in [1.54, 1.807) is 22.9 Å². The molecule has 6 rings (SSSR count). The molecule has 2 N–H and O–H groups in total. The maximum absolute atomic E-state index is 13.6. The van der Waals surface area contributed by atoms with Crippen LogP contribution in [-0.2, 0) is 6.54 Å². The third-order valence-corrected chi connectivity index (χ3v) is 8.14. The number of rotatable bonds is 12. The summed E-state index contributed by atoms with van der Waals surface area (Å²) in [6.45, 7) is 0.687. The number of carbonyl (C=O) groups excluding carboxylic acids is 2. The zero-order valence-electron chi connectivity index (χ0n) is 25.5. The quantitative estimate of drug-likeness (QED) is 0.242. The molecule has 2 saturated carbocycles. The minimum atomic E-state index is -3.15. The standard InChI is InChI=1S/C33H35F4N5O4/c1-18(2)13-38-14-19-9-26(31(45)42(15-19)22-5-6-22)29(43)40-28-11-21(10-27(39-28)20-3-4-20)24-8-7-23(46-32(34)35)12-25(24)30(44)41-16-33(36,37)17-41/h7-12,15,18,20,22,32,38H,3-6,13-14,16-17H2,1-2H3,(H,39,40,43). The Bertz CT molecular complexity index is 1710. The SMILES string of the molecule is CC(C)CNCc1cc(C(=O)Nc2cc(-c3ccc(OC(F)F)cc3C(=O)N3CC(F)(F)C3)cc(C3CC3)n2)c(=O)n(C2CC2)c1. The van der Waals surface area contributed by atoms with Gasteiger partial charge in [-0.25, -0.2) is 13.8 Å². The van der Waals surface area contributed by atoms with Gasteiger partial charge in [-0.3, -0.25) is 14.4 Å². The Morgan fingerprint density at radius 3 is 2.41 bits per heavy atom. The molecular weight excluding hydrogens is 606 g/mol. The molecule has 46 heavy (non-hydrogen) atoms. The summed E-state index contributed by atoms with van der Waals surface area (Å²) in [5.74, 6) is -4.07. The van der Waals surface area contributed by atoms with Gasteiger partial charge in [-0.15, -0.1) is 0 Å². The van der Waals surface area contributed by atoms with Gasteiger partial charge < -0.3 is 24.8 Å². The highest BCUT2D eigenvalue weighted by Gasteiger charge is 2.47. The molecule has 3 aliphatic rings. The number of nitrogens with one attached hydrogen (secondary N) is 2. The van der Waals surface area contributed by atoms with Crippen LogP contribution < -0.4 is 20.9 Å². The van der Waals surface area contributed by atoms with Gasteiger partial charge in [0.15, 0.2) is 0 Å². The molecule has 0 spiro atoms. The minimum absolute atomic E-state index is 0.0287. The number of benzene rings is 1. The van der Waals surface area contributed by atoms with E-state index in [1.165, 1.54) is 18.2 Å². The number of carbonyl (C=O) groups is 2. The number of anilines is 1. The van der Waals surface area contributed by atoms with Crippen LogP contribution in [0.4, 0.5) is 23.4 Å². The van der Waals surface area contributed by atoms with Crippen molar-refractivity contribution in [3.63, 3.8) is 0 Å². The van der Waals surface area contributed by atoms with Gasteiger partial charge in [-0.1, -0.05) is 13.8 Å². The lowest BCUT2D eigenvalue weighted by atomic mass is 9.96. The third kappa shape index (κ3) is 7.24. The second-order valence-electron chi connectivity index (χ2n) is 12.7. The Morgan fingerprint density at radius 2 is 1.78 bits per heavy atom. The van der Waals surface area contributed by atoms with Gasteiger partial charge in [0.2, 0.25) is 0 Å². The van der Waals surface area contributed by atoms with Crippen LogP contribution in [-0.4, -0.2) is 58.4 Å². The van der Waals surface area contributed by atoms with Crippen LogP contribution in [0.2, 0.25) is 0 Å². The molecule has 244 valence electrons. The maximum Gasteiger partial charge on any atom is 0.387 e. The average molecular weight is 642 g/mol. The van der Waals surface area contributed by atoms with Crippen molar-refractivity contribution in [1.82, 2.24) is 19.8 Å². The summed E-state index contributed by atoms with van der Waals surface area (Å²) in [5, 5.41) is 6.10. The first-order chi connectivity index (χ1) is 21.9. The van der Waals surface area contributed by atoms with E-state index in [4.69, 9.17) is 0 Å². The van der Waals surface area contributed by atoms with Crippen molar-refractivity contribution in [1.29, 1.82) is 0 Å². The molecular formula is C33H35F4N5O4. The topological polar surface area (TPSA) is 106 Å². The molecule has 1 aromatic carbocycles. The zero-order chi connectivity index (χ0) is 32.7. The van der Waals surface area contributed by atoms with E-state index in [0.29, 0.717) is 23.7 Å². The fourth-order valence-electron chi connectivity index (χ4n) is 5.55. The Hall–Kier alpha value is -4.26. The number of ether oxygens (including phenoxy) is 1. The Morgan fingerprint density at radius 1 is 1.04 bits per heavy atom. The molecule has 3 fully saturated rings. The van der Waals surface area contributed by atoms with Crippen LogP contribution in [0.1, 0.15) is 83.5 Å². The Labute approximate surface area is 263 Å². The smallest absolute Gasteiger partial charge is 0.387 e. The normalized spacial score (nSPS) is 17.3. The van der Waals surface area contributed by atoms with Crippen molar-refractivity contribution in [2.45, 2.75) is 70.6 Å². The molecule has 1 aliphatic heterocycles. The fourth-order valence-corrected chi connectivity index (χ4v) is 5.55. The first-order valence-electron chi connectivity index (χ1n) is 15.4. The molecule has 0 atom stereocenters. The van der Waals surface area contributed by atoms with Gasteiger partial charge >= 0.3 is 6.61 Å². The van der Waals surface area contributed by atoms with Gasteiger partial charge in [0.1, 0.15) is 17.1 Å². The van der Waals surface area contributed by atoms with Gasteiger partial charge in [0, 0.05) is 30.4 Å². The van der Waals surface area contributed by atoms with Crippen LogP contribution in [0.3, 0.4) is 0 Å². The summed E-state index contributed by atoms with van der Waals surface area (Å²) in [6, 6.07) is 8.65. The predicted molar refractivity (Wildman–Crippen MR) is 163 cm³/mol. The van der Waals surface area contributed by atoms with Crippen LogP contribution >= 0.6 is 0 Å². The number of nitrogens with zero attached hydrogens (tertiary/aromatic N) is 3. The number of amides is 2. The molecule has 3 heterocycles. The number of likely N-dealkylation sites (tertiary alicyclic amines) is 1. The summed E-state index contributed by atoms with van der Waals surface area (Å²) in [5.41, 5.74) is 1.59. The largest absolute Gasteiger partial charge is 0.435 e. The molecule has 0 bridgehead atoms. The average Bonchev–Trinajstić information content (AvgIpc) is 3.89. The highest BCUT2D eigenvalue weighted by atomic mass is 19.3. The highest BCUT2D eigenvalue weighted by molar-refractivity contribution is 6.05. The molecule has 3 aromatic rings. The number of hydrogen-bond acceptors (Lipinski definition) is 6. The van der Waals surface area contributed by atoms with Crippen molar-refractivity contribution >= 4 is 17.6 Å². The maximum atomic E-state index is 13.6. The first-order valence-corrected chi connectivity index (χ1v) is 15.4. The molecule has 0 unspecified atom stereocenters. The number of halogens is 4. The fraction of sp³-hybridized carbons (Fsp3) is 0.455. The van der Waals surface area contributed by atoms with Crippen molar-refractivity contribution in [3.05, 3.63) is 75.3 Å². The summed E-state index contributed by atoms with van der Waals surface area (Å²) in [4.78, 5) is 45.9. The summed E-state index contributed by atoms with van der Waals surface area (Å²) >= 11 is 0. The Balaban J connectivity index is 1.34. The summed E-state index contributed by atoms with van der Waals surface area (Å²) in [7, 11) is 0. The third-order valence-electron chi connectivity index (χ3n) is 8.14. The van der Waals surface area contributed by atoms with E-state index in [9.17, 15) is 31.9 Å². The second-order valence-corrected chi connectivity index (χ2v) is 12.7. The van der Waals surface area contributed by atoms with Crippen molar-refractivity contribution < 1.29 is 31.9 Å². The van der Waals surface area contributed by atoms with Crippen LogP contribution in [0, 0.1) is 5.92 Å². The van der Waals surface area contributed by atoms with Crippen LogP contribution in [0.5, 0.6) is 5.75 Å². The summed E-state index contributed by atoms with van der Waals surface area (Å²) in [6.07, 6.45) is 5.22. The van der Waals surface area contributed by atoms with Gasteiger partial charge in [-0.05, 0) is 91.2 Å². The number of pyridine rings is 2. The van der Waals surface area contributed by atoms with E-state index >= 15 is 0 Å². The number of alkyl halides is 4. The van der Waals surface area contributed by atoms with Crippen molar-refractivity contribution in [3.8, 4) is 16.9 Å². The number of aromatic nitrogens is 2. The van der Waals surface area contributed by atoms with E-state index < -0.39 is 43.0 Å². The molecule has 9 nitrogen and oxygen atoms in total. The van der Waals surface area contributed by atoms with Gasteiger partial charge in [0.25, 0.3) is 23.3 Å². The van der Waals surface area contributed by atoms with E-state index in [2.05, 4.69) is 34.2 Å². The zero-order valence-corrected chi connectivity index (χ0v) is 25.5. The minimum Gasteiger partial charge on any atom is -0.435 e. The monoisotopic (exact) mass is 641 g/mol. The first kappa shape index (κ1) is 31.7. The van der Waals surface area contributed by atoms with Crippen molar-refractivity contribution in [2.75, 3.05) is 25.0 Å². The van der Waals surface area contributed by atoms with Gasteiger partial charge in [-0.2, -0.15) is 8.78 Å². The van der Waals surface area contributed by atoms with Gasteiger partial charge in [0.05, 0.1) is 18.7 Å². The summed E-state index contributed by atoms with van der Waals surface area (Å²) < 4.78 is 59.4. The second kappa shape index (κ2) is 12.5. The molecule has 0 radical (unpaired) electrons. The molecule has 13 heteroatoms. The van der Waals surface area contributed by atoms with E-state index in [-0.39, 0.29) is 40.2 Å². The van der Waals surface area contributed by atoms with E-state index in [1.807, 2.05) is 0 Å². The molecule has 2 amide bonds. The molecule has 2 aromatic heterocycles. The molecule has 1 saturated heterocycles. The lowest BCUT2D eigenvalue weighted by Crippen LogP contribution is -2.58. The highest BCUT2D eigenvalue weighted by Crippen LogP contribution is 2.42. The number of hydrogen-bond donors (Lipinski definition) is 2. The Kier molecular flexibility index (Phi) is 8.62.